The fourth-order valence-electron chi connectivity index (χ4n) is 3.05. The summed E-state index contributed by atoms with van der Waals surface area (Å²) in [5, 5.41) is 5.80. The van der Waals surface area contributed by atoms with Crippen molar-refractivity contribution in [2.24, 2.45) is 0 Å². The van der Waals surface area contributed by atoms with E-state index in [1.165, 1.54) is 5.39 Å². The van der Waals surface area contributed by atoms with Gasteiger partial charge in [-0.3, -0.25) is 0 Å². The highest BCUT2D eigenvalue weighted by molar-refractivity contribution is 7.19. The lowest BCUT2D eigenvalue weighted by molar-refractivity contribution is 1.43. The number of fused-ring (bicyclic) bond motifs is 2. The summed E-state index contributed by atoms with van der Waals surface area (Å²) in [6.45, 7) is 0. The maximum absolute atomic E-state index is 4.51. The van der Waals surface area contributed by atoms with E-state index in [0.717, 1.165) is 37.5 Å². The first-order chi connectivity index (χ1) is 13.3. The van der Waals surface area contributed by atoms with Gasteiger partial charge in [0, 0.05) is 39.9 Å². The lowest BCUT2D eigenvalue weighted by atomic mass is 10.2. The minimum atomic E-state index is 0.986. The van der Waals surface area contributed by atoms with Crippen LogP contribution in [0.4, 0.5) is 11.4 Å². The zero-order valence-electron chi connectivity index (χ0n) is 14.4. The molecule has 0 saturated carbocycles. The number of thiophene rings is 1. The largest absolute Gasteiger partial charge is 0.361 e. The van der Waals surface area contributed by atoms with Crippen molar-refractivity contribution in [1.29, 1.82) is 0 Å². The Hall–Kier alpha value is -3.55. The monoisotopic (exact) mass is 365 g/mol. The van der Waals surface area contributed by atoms with Crippen LogP contribution in [0.2, 0.25) is 0 Å². The van der Waals surface area contributed by atoms with Crippen molar-refractivity contribution < 1.29 is 0 Å². The number of hydrogen-bond donors (Lipinski definition) is 2. The molecule has 0 aliphatic heterocycles. The van der Waals surface area contributed by atoms with E-state index in [1.807, 2.05) is 48.8 Å². The third-order valence-electron chi connectivity index (χ3n) is 4.37. The van der Waals surface area contributed by atoms with Crippen molar-refractivity contribution in [2.45, 2.75) is 0 Å². The van der Waals surface area contributed by atoms with Gasteiger partial charge in [-0.2, -0.15) is 0 Å². The molecule has 0 unspecified atom stereocenters. The molecule has 2 aromatic carbocycles. The van der Waals surface area contributed by atoms with Crippen molar-refractivity contribution in [3.8, 4) is 11.8 Å². The van der Waals surface area contributed by atoms with Crippen LogP contribution >= 0.6 is 11.3 Å². The van der Waals surface area contributed by atoms with Crippen LogP contribution in [0.15, 0.2) is 79.1 Å². The molecule has 0 bridgehead atoms. The van der Waals surface area contributed by atoms with Crippen molar-refractivity contribution >= 4 is 43.8 Å². The molecule has 27 heavy (non-hydrogen) atoms. The van der Waals surface area contributed by atoms with Gasteiger partial charge < -0.3 is 10.3 Å². The Morgan fingerprint density at radius 3 is 2.78 bits per heavy atom. The summed E-state index contributed by atoms with van der Waals surface area (Å²) in [6.07, 6.45) is 3.79. The van der Waals surface area contributed by atoms with Gasteiger partial charge in [-0.15, -0.1) is 11.3 Å². The number of nitrogens with one attached hydrogen (secondary N) is 2. The highest BCUT2D eigenvalue weighted by Gasteiger charge is 2.07. The average Bonchev–Trinajstić information content (AvgIpc) is 3.34. The molecule has 0 spiro atoms. The Bertz CT molecular complexity index is 1300. The number of rotatable bonds is 2. The summed E-state index contributed by atoms with van der Waals surface area (Å²) in [4.78, 5) is 9.72. The fourth-order valence-corrected chi connectivity index (χ4v) is 3.93. The number of hydrogen-bond acceptors (Lipinski definition) is 3. The van der Waals surface area contributed by atoms with Gasteiger partial charge in [-0.25, -0.2) is 4.98 Å². The topological polar surface area (TPSA) is 40.7 Å². The molecule has 0 aliphatic rings. The van der Waals surface area contributed by atoms with Crippen LogP contribution < -0.4 is 5.32 Å². The predicted molar refractivity (Wildman–Crippen MR) is 114 cm³/mol. The minimum Gasteiger partial charge on any atom is -0.361 e. The first kappa shape index (κ1) is 15.7. The first-order valence-electron chi connectivity index (χ1n) is 8.65. The summed E-state index contributed by atoms with van der Waals surface area (Å²) in [5.41, 5.74) is 4.24. The van der Waals surface area contributed by atoms with Crippen molar-refractivity contribution in [2.75, 3.05) is 5.32 Å². The highest BCUT2D eigenvalue weighted by atomic mass is 32.1. The molecule has 0 saturated heterocycles. The molecular weight excluding hydrogens is 350 g/mol. The Balaban J connectivity index is 1.49. The van der Waals surface area contributed by atoms with Crippen LogP contribution in [-0.2, 0) is 0 Å². The molecular formula is C23H15N3S. The zero-order chi connectivity index (χ0) is 18.1. The van der Waals surface area contributed by atoms with Gasteiger partial charge in [0.05, 0.1) is 10.6 Å². The van der Waals surface area contributed by atoms with Crippen LogP contribution in [0, 0.1) is 11.8 Å². The minimum absolute atomic E-state index is 0.986. The first-order valence-corrected chi connectivity index (χ1v) is 9.47. The Kier molecular flexibility index (Phi) is 3.86. The van der Waals surface area contributed by atoms with E-state index in [4.69, 9.17) is 0 Å². The third kappa shape index (κ3) is 3.17. The van der Waals surface area contributed by atoms with Gasteiger partial charge in [0.1, 0.15) is 4.83 Å². The molecule has 0 atom stereocenters. The van der Waals surface area contributed by atoms with Gasteiger partial charge in [0.25, 0.3) is 0 Å². The van der Waals surface area contributed by atoms with E-state index in [1.54, 1.807) is 11.3 Å². The summed E-state index contributed by atoms with van der Waals surface area (Å²) in [7, 11) is 0. The molecule has 2 N–H and O–H groups in total. The molecule has 0 radical (unpaired) electrons. The van der Waals surface area contributed by atoms with Gasteiger partial charge >= 0.3 is 0 Å². The second-order valence-electron chi connectivity index (χ2n) is 6.21. The van der Waals surface area contributed by atoms with E-state index in [2.05, 4.69) is 57.5 Å². The second-order valence-corrected chi connectivity index (χ2v) is 7.24. The number of pyridine rings is 1. The quantitative estimate of drug-likeness (QED) is 0.381. The number of aromatic amines is 1. The molecule has 0 amide bonds. The Morgan fingerprint density at radius 2 is 1.85 bits per heavy atom. The van der Waals surface area contributed by atoms with Crippen molar-refractivity contribution in [3.05, 3.63) is 89.6 Å². The van der Waals surface area contributed by atoms with E-state index in [-0.39, 0.29) is 0 Å². The number of H-pyrrole nitrogens is 1. The lowest BCUT2D eigenvalue weighted by Crippen LogP contribution is -1.90. The normalized spacial score (nSPS) is 10.7. The molecule has 3 aromatic heterocycles. The Morgan fingerprint density at radius 1 is 0.926 bits per heavy atom. The van der Waals surface area contributed by atoms with E-state index in [9.17, 15) is 0 Å². The molecule has 128 valence electrons. The maximum atomic E-state index is 4.51. The van der Waals surface area contributed by atoms with Crippen LogP contribution in [0.5, 0.6) is 0 Å². The van der Waals surface area contributed by atoms with Crippen LogP contribution in [0.1, 0.15) is 10.4 Å². The molecule has 5 rings (SSSR count). The smallest absolute Gasteiger partial charge is 0.126 e. The van der Waals surface area contributed by atoms with Gasteiger partial charge in [-0.1, -0.05) is 30.0 Å². The van der Waals surface area contributed by atoms with Crippen LogP contribution in [-0.4, -0.2) is 9.97 Å². The predicted octanol–water partition coefficient (Wildman–Crippen LogP) is 5.92. The fraction of sp³-hybridized carbons (Fsp3) is 0. The van der Waals surface area contributed by atoms with Gasteiger partial charge in [0.15, 0.2) is 0 Å². The molecule has 3 heterocycles. The Labute approximate surface area is 160 Å². The third-order valence-corrected chi connectivity index (χ3v) is 5.33. The molecule has 5 aromatic rings. The van der Waals surface area contributed by atoms with Crippen LogP contribution in [0.3, 0.4) is 0 Å². The lowest BCUT2D eigenvalue weighted by Gasteiger charge is -2.07. The number of anilines is 2. The number of aromatic nitrogens is 2. The van der Waals surface area contributed by atoms with Gasteiger partial charge in [0.2, 0.25) is 0 Å². The van der Waals surface area contributed by atoms with Crippen LogP contribution in [0.25, 0.3) is 21.1 Å². The molecule has 0 aliphatic carbocycles. The zero-order valence-corrected chi connectivity index (χ0v) is 15.2. The highest BCUT2D eigenvalue weighted by Crippen LogP contribution is 2.31. The van der Waals surface area contributed by atoms with E-state index in [0.29, 0.717) is 0 Å². The second kappa shape index (κ2) is 6.64. The standard InChI is InChI=1S/C23H15N3S/c1-2-4-16(5-3-1)6-8-19-15-20-22(11-13-25-23(20)27-19)26-18-7-9-21-17(14-18)10-12-24-21/h1-5,7,9-15,24H,(H,25,26). The van der Waals surface area contributed by atoms with E-state index >= 15 is 0 Å². The van der Waals surface area contributed by atoms with E-state index < -0.39 is 0 Å². The SMILES string of the molecule is C(#Cc1cc2c(Nc3ccc4[nH]ccc4c3)ccnc2s1)c1ccccc1. The van der Waals surface area contributed by atoms with Crippen molar-refractivity contribution in [3.63, 3.8) is 0 Å². The summed E-state index contributed by atoms with van der Waals surface area (Å²) in [6, 6.07) is 22.5. The maximum Gasteiger partial charge on any atom is 0.126 e. The molecule has 3 nitrogen and oxygen atoms in total. The van der Waals surface area contributed by atoms with Crippen molar-refractivity contribution in [1.82, 2.24) is 9.97 Å². The number of benzene rings is 2. The average molecular weight is 365 g/mol. The molecule has 0 fully saturated rings. The summed E-state index contributed by atoms with van der Waals surface area (Å²) >= 11 is 1.62. The van der Waals surface area contributed by atoms with Gasteiger partial charge in [-0.05, 0) is 48.5 Å². The molecule has 4 heteroatoms. The summed E-state index contributed by atoms with van der Waals surface area (Å²) < 4.78 is 0. The number of nitrogens with zero attached hydrogens (tertiary/aromatic N) is 1. The summed E-state index contributed by atoms with van der Waals surface area (Å²) in [5.74, 6) is 6.48.